The van der Waals surface area contributed by atoms with Gasteiger partial charge in [0.05, 0.1) is 5.69 Å². The van der Waals surface area contributed by atoms with E-state index in [9.17, 15) is 0 Å². The van der Waals surface area contributed by atoms with E-state index in [4.69, 9.17) is 0 Å². The van der Waals surface area contributed by atoms with Crippen molar-refractivity contribution >= 4 is 21.4 Å². The van der Waals surface area contributed by atoms with E-state index in [0.29, 0.717) is 6.04 Å². The minimum Gasteiger partial charge on any atom is -0.304 e. The van der Waals surface area contributed by atoms with E-state index in [1.807, 2.05) is 23.6 Å². The van der Waals surface area contributed by atoms with Crippen LogP contribution in [0.2, 0.25) is 0 Å². The van der Waals surface area contributed by atoms with Crippen LogP contribution in [0.3, 0.4) is 0 Å². The Morgan fingerprint density at radius 1 is 1.14 bits per heavy atom. The maximum atomic E-state index is 4.45. The second-order valence-electron chi connectivity index (χ2n) is 5.46. The Balaban J connectivity index is 1.80. The first-order valence-corrected chi connectivity index (χ1v) is 8.10. The highest BCUT2D eigenvalue weighted by molar-refractivity contribution is 7.19. The topological polar surface area (TPSA) is 24.9 Å². The van der Waals surface area contributed by atoms with Crippen molar-refractivity contribution in [3.8, 4) is 0 Å². The van der Waals surface area contributed by atoms with Gasteiger partial charge in [-0.3, -0.25) is 4.98 Å². The van der Waals surface area contributed by atoms with E-state index in [0.717, 1.165) is 12.2 Å². The Morgan fingerprint density at radius 3 is 2.71 bits per heavy atom. The van der Waals surface area contributed by atoms with Crippen LogP contribution < -0.4 is 5.32 Å². The molecule has 2 aromatic heterocycles. The molecule has 2 heterocycles. The number of aromatic nitrogens is 1. The maximum Gasteiger partial charge on any atom is 0.0570 e. The van der Waals surface area contributed by atoms with Crippen LogP contribution in [-0.2, 0) is 6.54 Å². The van der Waals surface area contributed by atoms with Crippen LogP contribution in [0.5, 0.6) is 0 Å². The molecule has 1 atom stereocenters. The fourth-order valence-corrected chi connectivity index (χ4v) is 3.89. The van der Waals surface area contributed by atoms with E-state index >= 15 is 0 Å². The molecule has 3 heteroatoms. The lowest BCUT2D eigenvalue weighted by Gasteiger charge is -2.14. The molecule has 21 heavy (non-hydrogen) atoms. The van der Waals surface area contributed by atoms with Gasteiger partial charge in [0.2, 0.25) is 0 Å². The largest absolute Gasteiger partial charge is 0.304 e. The van der Waals surface area contributed by atoms with Crippen molar-refractivity contribution < 1.29 is 0 Å². The first-order valence-electron chi connectivity index (χ1n) is 7.28. The van der Waals surface area contributed by atoms with Crippen molar-refractivity contribution in [3.63, 3.8) is 0 Å². The molecule has 0 amide bonds. The predicted octanol–water partition coefficient (Wildman–Crippen LogP) is 4.76. The number of nitrogens with one attached hydrogen (secondary N) is 1. The maximum absolute atomic E-state index is 4.45. The minimum atomic E-state index is 0.337. The Morgan fingerprint density at radius 2 is 1.95 bits per heavy atom. The highest BCUT2D eigenvalue weighted by Gasteiger charge is 2.14. The van der Waals surface area contributed by atoms with Gasteiger partial charge in [-0.05, 0) is 49.4 Å². The number of fused-ring (bicyclic) bond motifs is 1. The lowest BCUT2D eigenvalue weighted by molar-refractivity contribution is 0.572. The molecule has 0 aliphatic carbocycles. The Labute approximate surface area is 129 Å². The fraction of sp³-hybridized carbons (Fsp3) is 0.278. The number of pyridine rings is 1. The van der Waals surface area contributed by atoms with Crippen LogP contribution in [0.1, 0.15) is 34.7 Å². The Hall–Kier alpha value is -1.71. The quantitative estimate of drug-likeness (QED) is 0.750. The van der Waals surface area contributed by atoms with Crippen LogP contribution in [0.25, 0.3) is 10.1 Å². The molecule has 2 nitrogen and oxygen atoms in total. The Kier molecular flexibility index (Phi) is 4.04. The molecular formula is C18H20N2S. The molecule has 0 saturated carbocycles. The number of rotatable bonds is 4. The summed E-state index contributed by atoms with van der Waals surface area (Å²) in [7, 11) is 0. The van der Waals surface area contributed by atoms with E-state index in [-0.39, 0.29) is 0 Å². The molecule has 0 spiro atoms. The fourth-order valence-electron chi connectivity index (χ4n) is 2.65. The van der Waals surface area contributed by atoms with E-state index in [1.54, 1.807) is 0 Å². The van der Waals surface area contributed by atoms with E-state index in [1.165, 1.54) is 26.1 Å². The van der Waals surface area contributed by atoms with E-state index < -0.39 is 0 Å². The summed E-state index contributed by atoms with van der Waals surface area (Å²) in [6.07, 6.45) is 1.86. The third-order valence-corrected chi connectivity index (χ3v) is 5.42. The summed E-state index contributed by atoms with van der Waals surface area (Å²) in [4.78, 5) is 5.87. The third kappa shape index (κ3) is 2.85. The zero-order valence-corrected chi connectivity index (χ0v) is 13.5. The lowest BCUT2D eigenvalue weighted by Crippen LogP contribution is -2.19. The molecule has 1 N–H and O–H groups in total. The van der Waals surface area contributed by atoms with Crippen LogP contribution in [-0.4, -0.2) is 4.98 Å². The van der Waals surface area contributed by atoms with Crippen molar-refractivity contribution in [2.24, 2.45) is 0 Å². The Bertz CT molecular complexity index is 761. The molecule has 0 aliphatic rings. The normalized spacial score (nSPS) is 12.7. The summed E-state index contributed by atoms with van der Waals surface area (Å²) in [6.45, 7) is 7.37. The zero-order chi connectivity index (χ0) is 14.8. The molecular weight excluding hydrogens is 276 g/mol. The van der Waals surface area contributed by atoms with Gasteiger partial charge < -0.3 is 5.32 Å². The van der Waals surface area contributed by atoms with Crippen molar-refractivity contribution in [2.45, 2.75) is 33.4 Å². The molecule has 1 aromatic carbocycles. The van der Waals surface area contributed by atoms with Gasteiger partial charge in [-0.15, -0.1) is 11.3 Å². The molecule has 3 aromatic rings. The SMILES string of the molecule is Cc1cccnc1CNC(C)c1sc2ccccc2c1C. The average Bonchev–Trinajstić information content (AvgIpc) is 2.84. The number of benzene rings is 1. The van der Waals surface area contributed by atoms with Crippen LogP contribution >= 0.6 is 11.3 Å². The third-order valence-electron chi connectivity index (χ3n) is 3.97. The van der Waals surface area contributed by atoms with Gasteiger partial charge in [0.25, 0.3) is 0 Å². The summed E-state index contributed by atoms with van der Waals surface area (Å²) in [5, 5.41) is 4.98. The van der Waals surface area contributed by atoms with Gasteiger partial charge in [0, 0.05) is 28.4 Å². The van der Waals surface area contributed by atoms with Crippen LogP contribution in [0.4, 0.5) is 0 Å². The van der Waals surface area contributed by atoms with E-state index in [2.05, 4.69) is 61.4 Å². The van der Waals surface area contributed by atoms with Gasteiger partial charge in [0.1, 0.15) is 0 Å². The summed E-state index contributed by atoms with van der Waals surface area (Å²) in [5.74, 6) is 0. The van der Waals surface area contributed by atoms with Crippen LogP contribution in [0.15, 0.2) is 42.6 Å². The van der Waals surface area contributed by atoms with Crippen molar-refractivity contribution in [3.05, 3.63) is 64.3 Å². The molecule has 0 fully saturated rings. The molecule has 0 saturated heterocycles. The van der Waals surface area contributed by atoms with Crippen LogP contribution in [0, 0.1) is 13.8 Å². The second kappa shape index (κ2) is 5.96. The lowest BCUT2D eigenvalue weighted by atomic mass is 10.1. The standard InChI is InChI=1S/C18H20N2S/c1-12-7-6-10-19-16(12)11-20-14(3)18-13(2)15-8-4-5-9-17(15)21-18/h4-10,14,20H,11H2,1-3H3. The first kappa shape index (κ1) is 14.2. The number of hydrogen-bond acceptors (Lipinski definition) is 3. The zero-order valence-electron chi connectivity index (χ0n) is 12.7. The minimum absolute atomic E-state index is 0.337. The van der Waals surface area contributed by atoms with Crippen molar-refractivity contribution in [1.82, 2.24) is 10.3 Å². The smallest absolute Gasteiger partial charge is 0.0570 e. The number of thiophene rings is 1. The van der Waals surface area contributed by atoms with Gasteiger partial charge in [0.15, 0.2) is 0 Å². The van der Waals surface area contributed by atoms with Gasteiger partial charge in [-0.1, -0.05) is 24.3 Å². The predicted molar refractivity (Wildman–Crippen MR) is 90.8 cm³/mol. The summed E-state index contributed by atoms with van der Waals surface area (Å²) in [6, 6.07) is 13.1. The summed E-state index contributed by atoms with van der Waals surface area (Å²) in [5.41, 5.74) is 3.77. The number of hydrogen-bond donors (Lipinski definition) is 1. The monoisotopic (exact) mass is 296 g/mol. The average molecular weight is 296 g/mol. The highest BCUT2D eigenvalue weighted by atomic mass is 32.1. The molecule has 0 bridgehead atoms. The molecule has 108 valence electrons. The second-order valence-corrected chi connectivity index (χ2v) is 6.54. The summed E-state index contributed by atoms with van der Waals surface area (Å²) < 4.78 is 1.37. The van der Waals surface area contributed by atoms with Gasteiger partial charge >= 0.3 is 0 Å². The molecule has 3 rings (SSSR count). The molecule has 0 radical (unpaired) electrons. The number of aryl methyl sites for hydroxylation is 2. The van der Waals surface area contributed by atoms with Gasteiger partial charge in [-0.25, -0.2) is 0 Å². The molecule has 1 unspecified atom stereocenters. The number of nitrogens with zero attached hydrogens (tertiary/aromatic N) is 1. The van der Waals surface area contributed by atoms with Crippen molar-refractivity contribution in [1.29, 1.82) is 0 Å². The van der Waals surface area contributed by atoms with Crippen molar-refractivity contribution in [2.75, 3.05) is 0 Å². The van der Waals surface area contributed by atoms with Gasteiger partial charge in [-0.2, -0.15) is 0 Å². The summed E-state index contributed by atoms with van der Waals surface area (Å²) >= 11 is 1.89. The first-order chi connectivity index (χ1) is 10.2. The highest BCUT2D eigenvalue weighted by Crippen LogP contribution is 2.34. The molecule has 0 aliphatic heterocycles.